The number of aromatic nitrogens is 1. The third-order valence-electron chi connectivity index (χ3n) is 8.13. The molecule has 0 amide bonds. The van der Waals surface area contributed by atoms with E-state index in [2.05, 4.69) is 41.6 Å². The van der Waals surface area contributed by atoms with Crippen LogP contribution in [0, 0.1) is 26.3 Å². The highest BCUT2D eigenvalue weighted by molar-refractivity contribution is 6.15. The van der Waals surface area contributed by atoms with Crippen molar-refractivity contribution in [3.8, 4) is 22.4 Å². The Hall–Kier alpha value is -3.90. The van der Waals surface area contributed by atoms with Gasteiger partial charge in [0.1, 0.15) is 18.2 Å². The normalized spacial score (nSPS) is 16.2. The summed E-state index contributed by atoms with van der Waals surface area (Å²) in [4.78, 5) is 3.66. The van der Waals surface area contributed by atoms with Crippen LogP contribution in [0.4, 0.5) is 5.69 Å². The Morgan fingerprint density at radius 1 is 0.919 bits per heavy atom. The standard InChI is InChI=1S/C34H33N2O/c1-22-15-17-27-28-18-19-29(35-3)32(25-13-9-6-10-14-25)34(28)37-33(27)31(22)30-20-16-26(23(2)36(30)4)21-24-11-7-5-8-12-24/h6,9-10,13-20,24H,5,7-8,11-12,21H2,1-2,4H3/q+1/i6D,9D,10D,13D,14D. The molecule has 2 heterocycles. The molecule has 0 spiro atoms. The Balaban J connectivity index is 1.60. The van der Waals surface area contributed by atoms with Crippen molar-refractivity contribution in [2.75, 3.05) is 0 Å². The van der Waals surface area contributed by atoms with Crippen molar-refractivity contribution in [1.82, 2.24) is 0 Å². The Morgan fingerprint density at radius 2 is 1.62 bits per heavy atom. The number of nitrogens with zero attached hydrogens (tertiary/aromatic N) is 2. The van der Waals surface area contributed by atoms with E-state index < -0.39 is 18.1 Å². The number of furan rings is 1. The molecule has 3 nitrogen and oxygen atoms in total. The number of benzene rings is 3. The van der Waals surface area contributed by atoms with E-state index in [1.54, 1.807) is 6.07 Å². The minimum absolute atomic E-state index is 0.0246. The molecular weight excluding hydrogens is 452 g/mol. The Bertz CT molecular complexity index is 1920. The van der Waals surface area contributed by atoms with Gasteiger partial charge in [0.2, 0.25) is 5.69 Å². The van der Waals surface area contributed by atoms with Crippen molar-refractivity contribution < 1.29 is 15.8 Å². The molecule has 5 aromatic rings. The van der Waals surface area contributed by atoms with Crippen LogP contribution in [-0.2, 0) is 13.5 Å². The molecule has 0 atom stereocenters. The van der Waals surface area contributed by atoms with Gasteiger partial charge in [0.25, 0.3) is 0 Å². The number of pyridine rings is 1. The number of hydrogen-bond acceptors (Lipinski definition) is 1. The zero-order valence-corrected chi connectivity index (χ0v) is 21.6. The molecule has 1 aliphatic rings. The fraction of sp³-hybridized carbons (Fsp3) is 0.294. The summed E-state index contributed by atoms with van der Waals surface area (Å²) in [6.45, 7) is 12.1. The molecule has 0 saturated heterocycles. The molecule has 3 aromatic carbocycles. The molecule has 37 heavy (non-hydrogen) atoms. The van der Waals surface area contributed by atoms with Crippen molar-refractivity contribution in [1.29, 1.82) is 0 Å². The summed E-state index contributed by atoms with van der Waals surface area (Å²) >= 11 is 0. The van der Waals surface area contributed by atoms with Gasteiger partial charge < -0.3 is 4.42 Å². The number of aryl methyl sites for hydroxylation is 1. The molecular formula is C34H33N2O+. The van der Waals surface area contributed by atoms with E-state index in [1.165, 1.54) is 43.4 Å². The predicted octanol–water partition coefficient (Wildman–Crippen LogP) is 9.03. The van der Waals surface area contributed by atoms with E-state index in [0.29, 0.717) is 11.2 Å². The summed E-state index contributed by atoms with van der Waals surface area (Å²) in [5.74, 6) is 0.736. The van der Waals surface area contributed by atoms with E-state index in [1.807, 2.05) is 19.1 Å². The molecule has 3 heteroatoms. The van der Waals surface area contributed by atoms with Gasteiger partial charge in [-0.2, -0.15) is 4.57 Å². The van der Waals surface area contributed by atoms with Gasteiger partial charge in [0, 0.05) is 34.9 Å². The van der Waals surface area contributed by atoms with Gasteiger partial charge in [0.05, 0.1) is 19.0 Å². The largest absolute Gasteiger partial charge is 0.456 e. The van der Waals surface area contributed by atoms with Crippen molar-refractivity contribution in [3.63, 3.8) is 0 Å². The van der Waals surface area contributed by atoms with Crippen LogP contribution < -0.4 is 4.57 Å². The molecule has 0 aliphatic heterocycles. The second-order valence-corrected chi connectivity index (χ2v) is 10.3. The predicted molar refractivity (Wildman–Crippen MR) is 152 cm³/mol. The van der Waals surface area contributed by atoms with Gasteiger partial charge in [-0.3, -0.25) is 0 Å². The molecule has 1 fully saturated rings. The summed E-state index contributed by atoms with van der Waals surface area (Å²) in [6.07, 6.45) is 7.67. The van der Waals surface area contributed by atoms with Crippen LogP contribution >= 0.6 is 0 Å². The van der Waals surface area contributed by atoms with Crippen LogP contribution in [0.1, 0.15) is 55.8 Å². The average molecular weight is 491 g/mol. The summed E-state index contributed by atoms with van der Waals surface area (Å²) < 4.78 is 50.6. The highest BCUT2D eigenvalue weighted by atomic mass is 16.3. The Labute approximate surface area is 226 Å². The molecule has 2 aromatic heterocycles. The van der Waals surface area contributed by atoms with E-state index in [0.717, 1.165) is 39.9 Å². The van der Waals surface area contributed by atoms with Gasteiger partial charge in [-0.15, -0.1) is 0 Å². The van der Waals surface area contributed by atoms with E-state index in [9.17, 15) is 0 Å². The van der Waals surface area contributed by atoms with Crippen molar-refractivity contribution in [2.45, 2.75) is 52.4 Å². The first-order chi connectivity index (χ1) is 20.1. The van der Waals surface area contributed by atoms with Crippen molar-refractivity contribution >= 4 is 27.6 Å². The fourth-order valence-electron chi connectivity index (χ4n) is 6.00. The minimum Gasteiger partial charge on any atom is -0.456 e. The summed E-state index contributed by atoms with van der Waals surface area (Å²) in [7, 11) is 2.09. The highest BCUT2D eigenvalue weighted by Gasteiger charge is 2.25. The highest BCUT2D eigenvalue weighted by Crippen LogP contribution is 2.44. The topological polar surface area (TPSA) is 21.4 Å². The van der Waals surface area contributed by atoms with Crippen LogP contribution in [0.25, 0.3) is 49.2 Å². The average Bonchev–Trinajstić information content (AvgIpc) is 3.37. The molecule has 0 N–H and O–H groups in total. The van der Waals surface area contributed by atoms with Gasteiger partial charge in [0.15, 0.2) is 11.4 Å². The molecule has 6 rings (SSSR count). The van der Waals surface area contributed by atoms with Crippen LogP contribution in [0.2, 0.25) is 0 Å². The van der Waals surface area contributed by atoms with E-state index in [-0.39, 0.29) is 28.9 Å². The first-order valence-electron chi connectivity index (χ1n) is 15.6. The van der Waals surface area contributed by atoms with E-state index in [4.69, 9.17) is 17.8 Å². The van der Waals surface area contributed by atoms with Crippen LogP contribution in [0.15, 0.2) is 71.0 Å². The molecule has 1 saturated carbocycles. The van der Waals surface area contributed by atoms with Gasteiger partial charge in [-0.1, -0.05) is 86.6 Å². The van der Waals surface area contributed by atoms with Crippen molar-refractivity contribution in [2.24, 2.45) is 13.0 Å². The molecule has 0 bridgehead atoms. The summed E-state index contributed by atoms with van der Waals surface area (Å²) in [5, 5.41) is 1.58. The summed E-state index contributed by atoms with van der Waals surface area (Å²) in [6, 6.07) is 9.87. The second-order valence-electron chi connectivity index (χ2n) is 10.3. The maximum Gasteiger partial charge on any atom is 0.216 e. The van der Waals surface area contributed by atoms with Crippen molar-refractivity contribution in [3.05, 3.63) is 94.8 Å². The number of fused-ring (bicyclic) bond motifs is 3. The lowest BCUT2D eigenvalue weighted by molar-refractivity contribution is -0.667. The monoisotopic (exact) mass is 490 g/mol. The molecule has 184 valence electrons. The number of hydrogen-bond donors (Lipinski definition) is 0. The molecule has 1 aliphatic carbocycles. The van der Waals surface area contributed by atoms with Crippen LogP contribution in [0.3, 0.4) is 0 Å². The van der Waals surface area contributed by atoms with Gasteiger partial charge >= 0.3 is 0 Å². The maximum atomic E-state index is 8.61. The maximum absolute atomic E-state index is 8.61. The third kappa shape index (κ3) is 4.02. The Morgan fingerprint density at radius 3 is 2.35 bits per heavy atom. The van der Waals surface area contributed by atoms with Crippen LogP contribution in [-0.4, -0.2) is 0 Å². The van der Waals surface area contributed by atoms with Gasteiger partial charge in [-0.05, 0) is 36.5 Å². The third-order valence-corrected chi connectivity index (χ3v) is 8.13. The SMILES string of the molecule is [2H]c1c([2H])c([2H])c(-c2c([N+]#[C-])ccc3c2oc2c(-c4ccc(CC5CCCCC5)c(C)[n+]4C)c(C)ccc23)c([2H])c1[2H]. The Kier molecular flexibility index (Phi) is 4.73. The lowest BCUT2D eigenvalue weighted by Crippen LogP contribution is -2.36. The first-order valence-corrected chi connectivity index (χ1v) is 13.1. The first kappa shape index (κ1) is 18.4. The minimum atomic E-state index is -0.470. The van der Waals surface area contributed by atoms with E-state index >= 15 is 0 Å². The second kappa shape index (κ2) is 9.52. The van der Waals surface area contributed by atoms with Gasteiger partial charge in [-0.25, -0.2) is 4.85 Å². The quantitative estimate of drug-likeness (QED) is 0.182. The summed E-state index contributed by atoms with van der Waals surface area (Å²) in [5.41, 5.74) is 6.94. The zero-order chi connectivity index (χ0) is 29.9. The number of rotatable bonds is 4. The smallest absolute Gasteiger partial charge is 0.216 e. The lowest BCUT2D eigenvalue weighted by Gasteiger charge is -2.21. The lowest BCUT2D eigenvalue weighted by atomic mass is 9.84. The molecule has 0 unspecified atom stereocenters. The zero-order valence-electron chi connectivity index (χ0n) is 26.6. The fourth-order valence-corrected chi connectivity index (χ4v) is 6.00. The molecule has 0 radical (unpaired) electrons. The van der Waals surface area contributed by atoms with Crippen LogP contribution in [0.5, 0.6) is 0 Å².